The molecular formula is C27H27ClFN7O2. The number of carbonyl (C=O) groups is 1. The Hall–Kier alpha value is -4.05. The number of nitrogens with one attached hydrogen (secondary N) is 2. The number of rotatable bonds is 7. The van der Waals surface area contributed by atoms with E-state index in [1.807, 2.05) is 37.4 Å². The van der Waals surface area contributed by atoms with Crippen LogP contribution < -0.4 is 15.5 Å². The lowest BCUT2D eigenvalue weighted by molar-refractivity contribution is 0.132. The summed E-state index contributed by atoms with van der Waals surface area (Å²) in [5.74, 6) is 0.521. The van der Waals surface area contributed by atoms with Crippen LogP contribution in [0.3, 0.4) is 0 Å². The first-order chi connectivity index (χ1) is 18.5. The molecule has 1 amide bonds. The molecule has 2 aromatic heterocycles. The van der Waals surface area contributed by atoms with E-state index in [4.69, 9.17) is 21.3 Å². The molecular weight excluding hydrogens is 509 g/mol. The zero-order valence-electron chi connectivity index (χ0n) is 20.8. The third-order valence-electron chi connectivity index (χ3n) is 6.64. The van der Waals surface area contributed by atoms with Crippen molar-refractivity contribution in [3.8, 4) is 0 Å². The van der Waals surface area contributed by atoms with E-state index >= 15 is 0 Å². The zero-order chi connectivity index (χ0) is 26.5. The Morgan fingerprint density at radius 2 is 1.89 bits per heavy atom. The summed E-state index contributed by atoms with van der Waals surface area (Å²) in [6.45, 7) is 0.249. The summed E-state index contributed by atoms with van der Waals surface area (Å²) >= 11 is 5.92. The van der Waals surface area contributed by atoms with Crippen LogP contribution in [-0.4, -0.2) is 45.2 Å². The number of amides is 1. The molecule has 196 valence electrons. The van der Waals surface area contributed by atoms with E-state index in [1.165, 1.54) is 18.5 Å². The van der Waals surface area contributed by atoms with E-state index in [9.17, 15) is 9.18 Å². The van der Waals surface area contributed by atoms with Gasteiger partial charge in [0.05, 0.1) is 11.2 Å². The van der Waals surface area contributed by atoms with Crippen molar-refractivity contribution in [3.05, 3.63) is 77.5 Å². The summed E-state index contributed by atoms with van der Waals surface area (Å²) < 4.78 is 18.9. The van der Waals surface area contributed by atoms with E-state index < -0.39 is 11.9 Å². The molecule has 1 aliphatic carbocycles. The summed E-state index contributed by atoms with van der Waals surface area (Å²) in [4.78, 5) is 32.1. The highest BCUT2D eigenvalue weighted by molar-refractivity contribution is 6.31. The van der Waals surface area contributed by atoms with Crippen LogP contribution in [0.5, 0.6) is 0 Å². The summed E-state index contributed by atoms with van der Waals surface area (Å²) in [7, 11) is 1.96. The molecule has 2 N–H and O–H groups in total. The predicted molar refractivity (Wildman–Crippen MR) is 144 cm³/mol. The molecule has 2 aromatic carbocycles. The Morgan fingerprint density at radius 1 is 1.11 bits per heavy atom. The minimum atomic E-state index is -0.495. The van der Waals surface area contributed by atoms with Crippen LogP contribution in [0.4, 0.5) is 26.6 Å². The Labute approximate surface area is 224 Å². The SMILES string of the molecule is CN(c1ncc2ncnc(Nc3ccc(F)c(Cl)c3)c2n1)C1CCC(NC(=O)OCc2ccccc2)CC1. The fraction of sp³-hybridized carbons (Fsp3) is 0.296. The Balaban J connectivity index is 1.20. The second kappa shape index (κ2) is 11.6. The van der Waals surface area contributed by atoms with Crippen molar-refractivity contribution in [2.75, 3.05) is 17.3 Å². The van der Waals surface area contributed by atoms with Gasteiger partial charge in [-0.1, -0.05) is 41.9 Å². The van der Waals surface area contributed by atoms with Gasteiger partial charge in [0, 0.05) is 24.8 Å². The number of benzene rings is 2. The minimum absolute atomic E-state index is 0.0120. The minimum Gasteiger partial charge on any atom is -0.445 e. The molecule has 5 rings (SSSR count). The second-order valence-electron chi connectivity index (χ2n) is 9.20. The predicted octanol–water partition coefficient (Wildman–Crippen LogP) is 5.63. The maximum atomic E-state index is 13.6. The van der Waals surface area contributed by atoms with Crippen molar-refractivity contribution in [2.45, 2.75) is 44.4 Å². The summed E-state index contributed by atoms with van der Waals surface area (Å²) in [6.07, 6.45) is 6.06. The van der Waals surface area contributed by atoms with Gasteiger partial charge in [0.2, 0.25) is 5.95 Å². The normalized spacial score (nSPS) is 17.1. The first kappa shape index (κ1) is 25.6. The van der Waals surface area contributed by atoms with E-state index in [-0.39, 0.29) is 23.7 Å². The molecule has 0 unspecified atom stereocenters. The molecule has 0 aliphatic heterocycles. The second-order valence-corrected chi connectivity index (χ2v) is 9.61. The first-order valence-corrected chi connectivity index (χ1v) is 12.7. The average Bonchev–Trinajstić information content (AvgIpc) is 2.94. The van der Waals surface area contributed by atoms with E-state index in [2.05, 4.69) is 30.5 Å². The van der Waals surface area contributed by atoms with E-state index in [1.54, 1.807) is 12.3 Å². The molecule has 4 aromatic rings. The number of ether oxygens (including phenoxy) is 1. The molecule has 1 aliphatic rings. The van der Waals surface area contributed by atoms with Gasteiger partial charge < -0.3 is 20.3 Å². The number of fused-ring (bicyclic) bond motifs is 1. The van der Waals surface area contributed by atoms with Crippen LogP contribution in [0.25, 0.3) is 11.0 Å². The monoisotopic (exact) mass is 535 g/mol. The number of nitrogens with zero attached hydrogens (tertiary/aromatic N) is 5. The van der Waals surface area contributed by atoms with E-state index in [0.717, 1.165) is 31.2 Å². The van der Waals surface area contributed by atoms with Gasteiger partial charge in [-0.25, -0.2) is 29.1 Å². The number of halogens is 2. The van der Waals surface area contributed by atoms with Crippen LogP contribution in [0.15, 0.2) is 61.1 Å². The molecule has 0 saturated heterocycles. The molecule has 9 nitrogen and oxygen atoms in total. The Morgan fingerprint density at radius 3 is 2.66 bits per heavy atom. The van der Waals surface area contributed by atoms with Gasteiger partial charge in [0.25, 0.3) is 0 Å². The van der Waals surface area contributed by atoms with Gasteiger partial charge in [-0.3, -0.25) is 0 Å². The fourth-order valence-electron chi connectivity index (χ4n) is 4.52. The van der Waals surface area contributed by atoms with Crippen LogP contribution in [0.1, 0.15) is 31.2 Å². The van der Waals surface area contributed by atoms with E-state index in [0.29, 0.717) is 28.5 Å². The van der Waals surface area contributed by atoms with Crippen molar-refractivity contribution in [1.82, 2.24) is 25.3 Å². The zero-order valence-corrected chi connectivity index (χ0v) is 21.5. The molecule has 1 saturated carbocycles. The van der Waals surface area contributed by atoms with Gasteiger partial charge >= 0.3 is 6.09 Å². The lowest BCUT2D eigenvalue weighted by Crippen LogP contribution is -2.43. The van der Waals surface area contributed by atoms with Crippen molar-refractivity contribution in [3.63, 3.8) is 0 Å². The highest BCUT2D eigenvalue weighted by atomic mass is 35.5. The molecule has 38 heavy (non-hydrogen) atoms. The smallest absolute Gasteiger partial charge is 0.407 e. The summed E-state index contributed by atoms with van der Waals surface area (Å²) in [6, 6.07) is 14.2. The van der Waals surface area contributed by atoms with Crippen LogP contribution >= 0.6 is 11.6 Å². The number of alkyl carbamates (subject to hydrolysis) is 1. The van der Waals surface area contributed by atoms with Crippen LogP contribution in [-0.2, 0) is 11.3 Å². The molecule has 2 heterocycles. The molecule has 0 spiro atoms. The average molecular weight is 536 g/mol. The number of aromatic nitrogens is 4. The number of hydrogen-bond acceptors (Lipinski definition) is 8. The van der Waals surface area contributed by atoms with Crippen LogP contribution in [0.2, 0.25) is 5.02 Å². The molecule has 0 bridgehead atoms. The Bertz CT molecular complexity index is 1420. The van der Waals surface area contributed by atoms with Gasteiger partial charge in [0.15, 0.2) is 5.82 Å². The van der Waals surface area contributed by atoms with Crippen molar-refractivity contribution < 1.29 is 13.9 Å². The van der Waals surface area contributed by atoms with Crippen LogP contribution in [0, 0.1) is 5.82 Å². The van der Waals surface area contributed by atoms with Gasteiger partial charge in [-0.05, 0) is 49.4 Å². The topological polar surface area (TPSA) is 105 Å². The molecule has 0 atom stereocenters. The first-order valence-electron chi connectivity index (χ1n) is 12.4. The van der Waals surface area contributed by atoms with Gasteiger partial charge in [-0.15, -0.1) is 0 Å². The highest BCUT2D eigenvalue weighted by Crippen LogP contribution is 2.28. The molecule has 0 radical (unpaired) electrons. The van der Waals surface area contributed by atoms with Gasteiger partial charge in [-0.2, -0.15) is 0 Å². The lowest BCUT2D eigenvalue weighted by atomic mass is 9.90. The number of hydrogen-bond donors (Lipinski definition) is 2. The summed E-state index contributed by atoms with van der Waals surface area (Å²) in [5.41, 5.74) is 2.66. The third-order valence-corrected chi connectivity index (χ3v) is 6.93. The molecule has 1 fully saturated rings. The highest BCUT2D eigenvalue weighted by Gasteiger charge is 2.27. The number of anilines is 3. The third kappa shape index (κ3) is 6.08. The van der Waals surface area contributed by atoms with Crippen molar-refractivity contribution in [2.24, 2.45) is 0 Å². The lowest BCUT2D eigenvalue weighted by Gasteiger charge is -2.34. The maximum Gasteiger partial charge on any atom is 0.407 e. The molecule has 11 heteroatoms. The maximum absolute atomic E-state index is 13.6. The quantitative estimate of drug-likeness (QED) is 0.314. The number of carbonyl (C=O) groups excluding carboxylic acids is 1. The Kier molecular flexibility index (Phi) is 7.78. The van der Waals surface area contributed by atoms with Gasteiger partial charge in [0.1, 0.15) is 29.8 Å². The fourth-order valence-corrected chi connectivity index (χ4v) is 4.70. The standard InChI is InChI=1S/C27H27ClFN7O2/c1-36(20-10-7-18(8-11-20)34-27(37)38-15-17-5-3-2-4-6-17)26-30-14-23-24(35-26)25(32-16-31-23)33-19-9-12-22(29)21(28)13-19/h2-6,9,12-14,16,18,20H,7-8,10-11,15H2,1H3,(H,34,37)(H,31,32,33). The van der Waals surface area contributed by atoms with Crippen molar-refractivity contribution >= 4 is 46.2 Å². The summed E-state index contributed by atoms with van der Waals surface area (Å²) in [5, 5.41) is 6.14. The van der Waals surface area contributed by atoms with Crippen molar-refractivity contribution in [1.29, 1.82) is 0 Å². The largest absolute Gasteiger partial charge is 0.445 e.